The Morgan fingerprint density at radius 1 is 0.913 bits per heavy atom. The Hall–Kier alpha value is -4.19. The number of hydrogen-bond donors (Lipinski definition) is 3. The van der Waals surface area contributed by atoms with Crippen LogP contribution in [-0.4, -0.2) is 41.0 Å². The molecule has 236 valence electrons. The Balaban J connectivity index is 1.07. The fourth-order valence-electron chi connectivity index (χ4n) is 7.28. The third kappa shape index (κ3) is 6.02. The van der Waals surface area contributed by atoms with Crippen LogP contribution in [-0.2, 0) is 0 Å². The Morgan fingerprint density at radius 3 is 2.33 bits per heavy atom. The third-order valence-corrected chi connectivity index (χ3v) is 10.2. The first-order valence-corrected chi connectivity index (χ1v) is 17.3. The lowest BCUT2D eigenvalue weighted by Crippen LogP contribution is -2.53. The molecule has 7 rings (SSSR count). The molecule has 5 aromatic rings. The van der Waals surface area contributed by atoms with Crippen molar-refractivity contribution in [3.05, 3.63) is 108 Å². The predicted molar refractivity (Wildman–Crippen MR) is 194 cm³/mol. The first-order valence-electron chi connectivity index (χ1n) is 17.3. The van der Waals surface area contributed by atoms with Crippen LogP contribution in [0.3, 0.4) is 0 Å². The second-order valence-corrected chi connectivity index (χ2v) is 13.2. The van der Waals surface area contributed by atoms with E-state index in [1.165, 1.54) is 75.8 Å². The molecule has 46 heavy (non-hydrogen) atoms. The summed E-state index contributed by atoms with van der Waals surface area (Å²) in [7, 11) is 0. The Bertz CT molecular complexity index is 1900. The maximum Gasteiger partial charge on any atom is 0.125 e. The fraction of sp³-hybridized carbons (Fsp3) is 0.341. The van der Waals surface area contributed by atoms with Crippen LogP contribution in [0.2, 0.25) is 0 Å². The van der Waals surface area contributed by atoms with Crippen molar-refractivity contribution >= 4 is 27.5 Å². The summed E-state index contributed by atoms with van der Waals surface area (Å²) in [5.74, 6) is 1.91. The van der Waals surface area contributed by atoms with Crippen LogP contribution in [0.25, 0.3) is 49.8 Å². The molecule has 5 heteroatoms. The number of rotatable bonds is 11. The van der Waals surface area contributed by atoms with Crippen molar-refractivity contribution in [2.75, 3.05) is 26.2 Å². The highest BCUT2D eigenvalue weighted by atomic mass is 15.3. The molecule has 2 bridgehead atoms. The Kier molecular flexibility index (Phi) is 8.79. The van der Waals surface area contributed by atoms with E-state index in [4.69, 9.17) is 4.98 Å². The highest BCUT2D eigenvalue weighted by Crippen LogP contribution is 2.44. The van der Waals surface area contributed by atoms with Crippen LogP contribution in [0.1, 0.15) is 70.8 Å². The number of hydrogen-bond acceptors (Lipinski definition) is 4. The summed E-state index contributed by atoms with van der Waals surface area (Å²) < 4.78 is 0. The van der Waals surface area contributed by atoms with Crippen LogP contribution in [0, 0.1) is 5.92 Å². The molecule has 0 spiro atoms. The Labute approximate surface area is 273 Å². The minimum atomic E-state index is 0.484. The van der Waals surface area contributed by atoms with Crippen LogP contribution >= 0.6 is 0 Å². The zero-order valence-corrected chi connectivity index (χ0v) is 27.8. The molecule has 2 unspecified atom stereocenters. The molecule has 0 aliphatic carbocycles. The van der Waals surface area contributed by atoms with Crippen LogP contribution in [0.15, 0.2) is 96.2 Å². The molecule has 2 aliphatic heterocycles. The van der Waals surface area contributed by atoms with Gasteiger partial charge in [-0.05, 0) is 121 Å². The van der Waals surface area contributed by atoms with E-state index in [9.17, 15) is 0 Å². The minimum absolute atomic E-state index is 0.484. The molecule has 5 nitrogen and oxygen atoms in total. The van der Waals surface area contributed by atoms with Crippen molar-refractivity contribution < 1.29 is 0 Å². The van der Waals surface area contributed by atoms with E-state index in [0.29, 0.717) is 6.04 Å². The Morgan fingerprint density at radius 2 is 1.63 bits per heavy atom. The maximum absolute atomic E-state index is 4.98. The minimum Gasteiger partial charge on any atom is -0.358 e. The molecule has 3 N–H and O–H groups in total. The first-order chi connectivity index (χ1) is 22.5. The van der Waals surface area contributed by atoms with Crippen molar-refractivity contribution in [2.45, 2.75) is 59.4 Å². The van der Waals surface area contributed by atoms with E-state index in [1.54, 1.807) is 0 Å². The van der Waals surface area contributed by atoms with Crippen molar-refractivity contribution in [1.29, 1.82) is 0 Å². The van der Waals surface area contributed by atoms with E-state index in [1.807, 2.05) is 0 Å². The molecular weight excluding hydrogens is 562 g/mol. The average Bonchev–Trinajstić information content (AvgIpc) is 3.51. The van der Waals surface area contributed by atoms with Gasteiger partial charge in [0.05, 0.1) is 17.1 Å². The predicted octanol–water partition coefficient (Wildman–Crippen LogP) is 9.45. The molecule has 0 radical (unpaired) electrons. The van der Waals surface area contributed by atoms with Gasteiger partial charge in [-0.15, -0.1) is 0 Å². The van der Waals surface area contributed by atoms with Crippen molar-refractivity contribution in [3.8, 4) is 22.3 Å². The second kappa shape index (κ2) is 13.3. The molecule has 4 aromatic carbocycles. The fourth-order valence-corrected chi connectivity index (χ4v) is 7.28. The molecule has 0 amide bonds. The number of nitrogens with one attached hydrogen (secondary N) is 3. The van der Waals surface area contributed by atoms with Gasteiger partial charge in [-0.2, -0.15) is 0 Å². The lowest BCUT2D eigenvalue weighted by Gasteiger charge is -2.51. The largest absolute Gasteiger partial charge is 0.358 e. The van der Waals surface area contributed by atoms with Gasteiger partial charge in [-0.25, -0.2) is 4.98 Å². The number of nitrogens with zero attached hydrogens (tertiary/aromatic N) is 2. The second-order valence-electron chi connectivity index (χ2n) is 13.2. The third-order valence-electron chi connectivity index (χ3n) is 10.2. The van der Waals surface area contributed by atoms with Gasteiger partial charge in [0.15, 0.2) is 0 Å². The highest BCUT2D eigenvalue weighted by molar-refractivity contribution is 5.90. The number of piperidine rings is 2. The summed E-state index contributed by atoms with van der Waals surface area (Å²) in [5, 5.41) is 9.81. The van der Waals surface area contributed by atoms with Gasteiger partial charge in [-0.3, -0.25) is 4.90 Å². The molecule has 3 heterocycles. The number of imidazole rings is 1. The topological polar surface area (TPSA) is 56.0 Å². The standard InChI is InChI=1S/C41H47N5/c1-5-20-42-25-39(27(4)6-2)43-36(7-3)34-17-16-31-22-30(14-15-32(31)23-34)28-10-12-29(13-11-28)33-18-19-37-38(24-33)45-41(44-37)40-35-9-8-21-46(40)26-35/h7,10-19,22-24,35,40,42-43H,5-6,8-9,20-21,25-26H2,1-4H3,(H,44,45)/b36-7-,39-27+/t35?,40-/m0/s1. The van der Waals surface area contributed by atoms with E-state index < -0.39 is 0 Å². The van der Waals surface area contributed by atoms with Gasteiger partial charge in [0.25, 0.3) is 0 Å². The lowest BCUT2D eigenvalue weighted by atomic mass is 9.80. The zero-order valence-electron chi connectivity index (χ0n) is 27.8. The summed E-state index contributed by atoms with van der Waals surface area (Å²) >= 11 is 0. The molecule has 2 fully saturated rings. The van der Waals surface area contributed by atoms with E-state index in [-0.39, 0.29) is 0 Å². The average molecular weight is 610 g/mol. The molecule has 3 atom stereocenters. The smallest absolute Gasteiger partial charge is 0.125 e. The van der Waals surface area contributed by atoms with Crippen LogP contribution in [0.4, 0.5) is 0 Å². The molecule has 2 aliphatic rings. The summed E-state index contributed by atoms with van der Waals surface area (Å²) in [5.41, 5.74) is 12.1. The number of H-pyrrole nitrogens is 1. The summed E-state index contributed by atoms with van der Waals surface area (Å²) in [6, 6.07) is 29.7. The van der Waals surface area contributed by atoms with Gasteiger partial charge in [0.1, 0.15) is 5.82 Å². The normalized spacial score (nSPS) is 20.1. The molecule has 1 aromatic heterocycles. The number of fused-ring (bicyclic) bond motifs is 4. The van der Waals surface area contributed by atoms with Crippen molar-refractivity contribution in [2.24, 2.45) is 5.92 Å². The number of benzene rings is 4. The zero-order chi connectivity index (χ0) is 31.6. The summed E-state index contributed by atoms with van der Waals surface area (Å²) in [6.07, 6.45) is 7.01. The van der Waals surface area contributed by atoms with E-state index in [0.717, 1.165) is 54.4 Å². The number of aromatic amines is 1. The van der Waals surface area contributed by atoms with Crippen LogP contribution < -0.4 is 10.6 Å². The number of allylic oxidation sites excluding steroid dienone is 2. The van der Waals surface area contributed by atoms with Gasteiger partial charge < -0.3 is 15.6 Å². The van der Waals surface area contributed by atoms with Gasteiger partial charge >= 0.3 is 0 Å². The summed E-state index contributed by atoms with van der Waals surface area (Å²) in [6.45, 7) is 13.1. The van der Waals surface area contributed by atoms with E-state index >= 15 is 0 Å². The van der Waals surface area contributed by atoms with Gasteiger partial charge in [-0.1, -0.05) is 80.1 Å². The maximum atomic E-state index is 4.98. The van der Waals surface area contributed by atoms with Gasteiger partial charge in [0.2, 0.25) is 0 Å². The first kappa shape index (κ1) is 30.5. The summed E-state index contributed by atoms with van der Waals surface area (Å²) in [4.78, 5) is 11.2. The molecular formula is C41H47N5. The highest BCUT2D eigenvalue weighted by Gasteiger charge is 2.44. The lowest BCUT2D eigenvalue weighted by molar-refractivity contribution is -0.0347. The monoisotopic (exact) mass is 609 g/mol. The molecule has 2 saturated heterocycles. The molecule has 0 saturated carbocycles. The quantitative estimate of drug-likeness (QED) is 0.131. The SMILES string of the molecule is C/C=C(\N/C(CNCCC)=C(\C)CC)c1ccc2cc(-c3ccc(-c4ccc5nc([C@@H]6C7CCCN6C7)[nH]c5c4)cc3)ccc2c1. The number of aromatic nitrogens is 2. The van der Waals surface area contributed by atoms with E-state index in [2.05, 4.69) is 133 Å². The van der Waals surface area contributed by atoms with Gasteiger partial charge in [0, 0.05) is 24.5 Å². The van der Waals surface area contributed by atoms with Crippen LogP contribution in [0.5, 0.6) is 0 Å². The van der Waals surface area contributed by atoms with Crippen molar-refractivity contribution in [1.82, 2.24) is 25.5 Å². The van der Waals surface area contributed by atoms with Crippen molar-refractivity contribution in [3.63, 3.8) is 0 Å².